The fraction of sp³-hybridized carbons (Fsp3) is 0.143. The Morgan fingerprint density at radius 3 is 2.81 bits per heavy atom. The number of H-pyrrole nitrogens is 1. The molecule has 1 aromatic heterocycles. The van der Waals surface area contributed by atoms with Crippen molar-refractivity contribution in [1.82, 2.24) is 9.55 Å². The molecule has 0 radical (unpaired) electrons. The van der Waals surface area contributed by atoms with Crippen LogP contribution in [0.5, 0.6) is 5.88 Å². The minimum atomic E-state index is -0.505. The number of aromatic hydroxyl groups is 1. The van der Waals surface area contributed by atoms with Crippen molar-refractivity contribution in [1.29, 1.82) is 0 Å². The van der Waals surface area contributed by atoms with Crippen molar-refractivity contribution in [3.05, 3.63) is 44.8 Å². The maximum absolute atomic E-state index is 12.2. The number of imidazole rings is 1. The first kappa shape index (κ1) is 13.4. The number of amides is 1. The van der Waals surface area contributed by atoms with Crippen LogP contribution in [-0.2, 0) is 4.79 Å². The fourth-order valence-corrected chi connectivity index (χ4v) is 2.73. The molecule has 1 aliphatic rings. The van der Waals surface area contributed by atoms with E-state index in [1.165, 1.54) is 6.92 Å². The standard InChI is InChI=1S/C14H11N3O3S/c1-6-3-4-9-8(5-6)10(12(19)15-9)11-13(20)16-14(21)17(11)7(2)18/h3-5,20H,1-2H3,(H,16,21). The van der Waals surface area contributed by atoms with E-state index >= 15 is 0 Å². The predicted molar refractivity (Wildman–Crippen MR) is 77.1 cm³/mol. The first-order valence-corrected chi connectivity index (χ1v) is 6.60. The van der Waals surface area contributed by atoms with Crippen LogP contribution in [0.1, 0.15) is 23.0 Å². The van der Waals surface area contributed by atoms with Crippen molar-refractivity contribution < 1.29 is 14.7 Å². The van der Waals surface area contributed by atoms with E-state index in [4.69, 9.17) is 12.2 Å². The lowest BCUT2D eigenvalue weighted by atomic mass is 10.1. The normalized spacial score (nSPS) is 13.2. The Hall–Kier alpha value is -2.54. The summed E-state index contributed by atoms with van der Waals surface area (Å²) in [6.45, 7) is 3.19. The number of nitrogens with one attached hydrogen (secondary N) is 1. The predicted octanol–water partition coefficient (Wildman–Crippen LogP) is 0.579. The number of rotatable bonds is 1. The summed E-state index contributed by atoms with van der Waals surface area (Å²) in [6.07, 6.45) is 0. The third kappa shape index (κ3) is 1.93. The number of aryl methyl sites for hydroxylation is 1. The second-order valence-electron chi connectivity index (χ2n) is 4.79. The van der Waals surface area contributed by atoms with Gasteiger partial charge in [-0.15, -0.1) is 0 Å². The molecule has 0 saturated heterocycles. The van der Waals surface area contributed by atoms with Gasteiger partial charge in [0.25, 0.3) is 5.91 Å². The van der Waals surface area contributed by atoms with Crippen LogP contribution in [0.2, 0.25) is 0 Å². The SMILES string of the molecule is CC(=O)n1c(C2=c3cc(C)ccc3=NC2=O)c(O)[nH]c1=S. The maximum Gasteiger partial charge on any atom is 0.280 e. The van der Waals surface area contributed by atoms with Gasteiger partial charge < -0.3 is 10.1 Å². The van der Waals surface area contributed by atoms with Crippen molar-refractivity contribution >= 4 is 29.6 Å². The van der Waals surface area contributed by atoms with Gasteiger partial charge in [0.1, 0.15) is 5.69 Å². The Morgan fingerprint density at radius 1 is 1.43 bits per heavy atom. The molecule has 2 aromatic rings. The average Bonchev–Trinajstić information content (AvgIpc) is 2.85. The number of benzene rings is 1. The number of hydrogen-bond donors (Lipinski definition) is 2. The van der Waals surface area contributed by atoms with E-state index < -0.39 is 11.8 Å². The minimum absolute atomic E-state index is 0.0383. The largest absolute Gasteiger partial charge is 0.493 e. The number of aromatic amines is 1. The van der Waals surface area contributed by atoms with E-state index in [-0.39, 0.29) is 21.9 Å². The number of aromatic nitrogens is 2. The molecule has 0 unspecified atom stereocenters. The number of carbonyl (C=O) groups is 2. The van der Waals surface area contributed by atoms with Crippen LogP contribution in [0.25, 0.3) is 5.57 Å². The third-order valence-electron chi connectivity index (χ3n) is 3.29. The number of fused-ring (bicyclic) bond motifs is 1. The van der Waals surface area contributed by atoms with Gasteiger partial charge in [-0.2, -0.15) is 0 Å². The molecule has 3 rings (SSSR count). The van der Waals surface area contributed by atoms with Crippen molar-refractivity contribution in [2.24, 2.45) is 4.99 Å². The quantitative estimate of drug-likeness (QED) is 0.754. The highest BCUT2D eigenvalue weighted by atomic mass is 32.1. The molecule has 1 aliphatic heterocycles. The molecule has 0 bridgehead atoms. The smallest absolute Gasteiger partial charge is 0.280 e. The van der Waals surface area contributed by atoms with E-state index in [9.17, 15) is 14.7 Å². The Morgan fingerprint density at radius 2 is 2.14 bits per heavy atom. The van der Waals surface area contributed by atoms with Crippen molar-refractivity contribution in [3.63, 3.8) is 0 Å². The highest BCUT2D eigenvalue weighted by molar-refractivity contribution is 7.71. The van der Waals surface area contributed by atoms with E-state index in [1.54, 1.807) is 12.1 Å². The molecule has 21 heavy (non-hydrogen) atoms. The summed E-state index contributed by atoms with van der Waals surface area (Å²) in [7, 11) is 0. The Bertz CT molecular complexity index is 982. The second kappa shape index (κ2) is 4.49. The molecule has 6 nitrogen and oxygen atoms in total. The summed E-state index contributed by atoms with van der Waals surface area (Å²) in [4.78, 5) is 30.4. The molecule has 106 valence electrons. The second-order valence-corrected chi connectivity index (χ2v) is 5.18. The number of nitrogens with zero attached hydrogens (tertiary/aromatic N) is 2. The first-order valence-electron chi connectivity index (χ1n) is 6.19. The molecular formula is C14H11N3O3S. The van der Waals surface area contributed by atoms with Gasteiger partial charge in [-0.3, -0.25) is 14.2 Å². The molecule has 7 heteroatoms. The topological polar surface area (TPSA) is 87.4 Å². The summed E-state index contributed by atoms with van der Waals surface area (Å²) in [5, 5.41) is 11.1. The van der Waals surface area contributed by atoms with Gasteiger partial charge in [-0.25, -0.2) is 4.99 Å². The van der Waals surface area contributed by atoms with Gasteiger partial charge in [0.2, 0.25) is 11.8 Å². The zero-order valence-electron chi connectivity index (χ0n) is 11.3. The highest BCUT2D eigenvalue weighted by Crippen LogP contribution is 2.24. The molecule has 1 amide bonds. The minimum Gasteiger partial charge on any atom is -0.493 e. The lowest BCUT2D eigenvalue weighted by Gasteiger charge is -2.04. The van der Waals surface area contributed by atoms with Crippen LogP contribution in [-0.4, -0.2) is 26.5 Å². The van der Waals surface area contributed by atoms with Crippen LogP contribution < -0.4 is 10.6 Å². The number of hydrogen-bond acceptors (Lipinski definition) is 4. The molecule has 0 fully saturated rings. The van der Waals surface area contributed by atoms with Gasteiger partial charge in [0.15, 0.2) is 4.77 Å². The highest BCUT2D eigenvalue weighted by Gasteiger charge is 2.27. The average molecular weight is 301 g/mol. The third-order valence-corrected chi connectivity index (χ3v) is 3.57. The van der Waals surface area contributed by atoms with Gasteiger partial charge in [-0.05, 0) is 31.3 Å². The Balaban J connectivity index is 2.50. The summed E-state index contributed by atoms with van der Waals surface area (Å²) in [5.74, 6) is -1.22. The molecular weight excluding hydrogens is 290 g/mol. The maximum atomic E-state index is 12.2. The van der Waals surface area contributed by atoms with Gasteiger partial charge in [0.05, 0.1) is 10.9 Å². The van der Waals surface area contributed by atoms with E-state index in [0.29, 0.717) is 10.6 Å². The summed E-state index contributed by atoms with van der Waals surface area (Å²) < 4.78 is 1.14. The Kier molecular flexibility index (Phi) is 2.87. The van der Waals surface area contributed by atoms with Crippen LogP contribution >= 0.6 is 12.2 Å². The van der Waals surface area contributed by atoms with E-state index in [1.807, 2.05) is 13.0 Å². The molecule has 0 spiro atoms. The monoisotopic (exact) mass is 301 g/mol. The molecule has 2 N–H and O–H groups in total. The lowest BCUT2D eigenvalue weighted by Crippen LogP contribution is -2.24. The van der Waals surface area contributed by atoms with Crippen molar-refractivity contribution in [3.8, 4) is 5.88 Å². The zero-order valence-corrected chi connectivity index (χ0v) is 12.1. The van der Waals surface area contributed by atoms with Crippen LogP contribution in [0, 0.1) is 11.7 Å². The van der Waals surface area contributed by atoms with Crippen LogP contribution in [0.3, 0.4) is 0 Å². The summed E-state index contributed by atoms with van der Waals surface area (Å²) in [5.41, 5.74) is 1.18. The van der Waals surface area contributed by atoms with E-state index in [2.05, 4.69) is 9.98 Å². The summed E-state index contributed by atoms with van der Waals surface area (Å²) in [6, 6.07) is 5.36. The zero-order chi connectivity index (χ0) is 15.3. The van der Waals surface area contributed by atoms with Crippen LogP contribution in [0.4, 0.5) is 0 Å². The van der Waals surface area contributed by atoms with Crippen molar-refractivity contribution in [2.45, 2.75) is 13.8 Å². The first-order chi connectivity index (χ1) is 9.90. The lowest BCUT2D eigenvalue weighted by molar-refractivity contribution is -0.112. The fourth-order valence-electron chi connectivity index (χ4n) is 2.41. The molecule has 0 atom stereocenters. The van der Waals surface area contributed by atoms with Gasteiger partial charge >= 0.3 is 0 Å². The van der Waals surface area contributed by atoms with Crippen LogP contribution in [0.15, 0.2) is 23.2 Å². The molecule has 0 saturated carbocycles. The molecule has 2 heterocycles. The van der Waals surface area contributed by atoms with Gasteiger partial charge in [0, 0.05) is 12.1 Å². The number of carbonyl (C=O) groups excluding carboxylic acids is 2. The van der Waals surface area contributed by atoms with E-state index in [0.717, 1.165) is 10.1 Å². The van der Waals surface area contributed by atoms with Crippen molar-refractivity contribution in [2.75, 3.05) is 0 Å². The van der Waals surface area contributed by atoms with Gasteiger partial charge in [-0.1, -0.05) is 11.6 Å². The molecule has 1 aromatic carbocycles. The molecule has 0 aliphatic carbocycles. The summed E-state index contributed by atoms with van der Waals surface area (Å²) >= 11 is 5.01. The Labute approximate surface area is 124 Å².